The summed E-state index contributed by atoms with van der Waals surface area (Å²) in [6.07, 6.45) is -0.0719. The van der Waals surface area contributed by atoms with E-state index in [9.17, 15) is 14.0 Å². The van der Waals surface area contributed by atoms with E-state index in [-0.39, 0.29) is 30.6 Å². The van der Waals surface area contributed by atoms with Crippen LogP contribution in [0.5, 0.6) is 5.75 Å². The van der Waals surface area contributed by atoms with E-state index in [4.69, 9.17) is 17.0 Å². The van der Waals surface area contributed by atoms with Crippen LogP contribution in [0.1, 0.15) is 17.5 Å². The molecule has 0 bridgehead atoms. The summed E-state index contributed by atoms with van der Waals surface area (Å²) in [4.78, 5) is 29.5. The van der Waals surface area contributed by atoms with Crippen molar-refractivity contribution in [2.75, 3.05) is 12.4 Å². The summed E-state index contributed by atoms with van der Waals surface area (Å²) in [7, 11) is 1.57. The summed E-state index contributed by atoms with van der Waals surface area (Å²) in [6, 6.07) is 21.8. The van der Waals surface area contributed by atoms with Crippen LogP contribution >= 0.6 is 12.2 Å². The minimum atomic E-state index is -0.764. The number of nitrogens with zero attached hydrogens (tertiary/aromatic N) is 2. The first kappa shape index (κ1) is 23.4. The highest BCUT2D eigenvalue weighted by Crippen LogP contribution is 2.26. The zero-order chi connectivity index (χ0) is 24.1. The SMILES string of the molecule is COc1ccc(NC(=O)C[C@H]2C(=O)N(Cc3ccccc3)C(=S)N2Cc2ccc(F)cc2)cc1. The van der Waals surface area contributed by atoms with Gasteiger partial charge in [-0.25, -0.2) is 4.39 Å². The Morgan fingerprint density at radius 1 is 0.971 bits per heavy atom. The van der Waals surface area contributed by atoms with Crippen LogP contribution in [-0.2, 0) is 22.7 Å². The second kappa shape index (κ2) is 10.4. The zero-order valence-corrected chi connectivity index (χ0v) is 19.4. The third-order valence-corrected chi connectivity index (χ3v) is 6.06. The normalized spacial score (nSPS) is 15.5. The van der Waals surface area contributed by atoms with Crippen LogP contribution in [0.15, 0.2) is 78.9 Å². The smallest absolute Gasteiger partial charge is 0.252 e. The number of benzene rings is 3. The number of halogens is 1. The molecule has 34 heavy (non-hydrogen) atoms. The average Bonchev–Trinajstić information content (AvgIpc) is 3.05. The van der Waals surface area contributed by atoms with Gasteiger partial charge in [0.05, 0.1) is 20.1 Å². The zero-order valence-electron chi connectivity index (χ0n) is 18.6. The molecule has 8 heteroatoms. The van der Waals surface area contributed by atoms with E-state index in [1.165, 1.54) is 17.0 Å². The maximum Gasteiger partial charge on any atom is 0.252 e. The molecule has 0 aromatic heterocycles. The van der Waals surface area contributed by atoms with Crippen LogP contribution in [0.2, 0.25) is 0 Å². The van der Waals surface area contributed by atoms with Crippen molar-refractivity contribution in [1.29, 1.82) is 0 Å². The molecule has 1 atom stereocenters. The number of carbonyl (C=O) groups is 2. The molecule has 1 N–H and O–H groups in total. The number of hydrogen-bond donors (Lipinski definition) is 1. The first-order valence-corrected chi connectivity index (χ1v) is 11.2. The molecule has 1 aliphatic heterocycles. The Morgan fingerprint density at radius 3 is 2.26 bits per heavy atom. The van der Waals surface area contributed by atoms with Gasteiger partial charge in [-0.2, -0.15) is 0 Å². The van der Waals surface area contributed by atoms with E-state index in [1.54, 1.807) is 48.4 Å². The Hall–Kier alpha value is -3.78. The lowest BCUT2D eigenvalue weighted by molar-refractivity contribution is -0.131. The van der Waals surface area contributed by atoms with Crippen LogP contribution in [0, 0.1) is 5.82 Å². The highest BCUT2D eigenvalue weighted by atomic mass is 32.1. The van der Waals surface area contributed by atoms with Gasteiger partial charge in [-0.15, -0.1) is 0 Å². The number of ether oxygens (including phenoxy) is 1. The number of rotatable bonds is 8. The van der Waals surface area contributed by atoms with Crippen LogP contribution in [0.25, 0.3) is 0 Å². The second-order valence-corrected chi connectivity index (χ2v) is 8.31. The highest BCUT2D eigenvalue weighted by molar-refractivity contribution is 7.80. The van der Waals surface area contributed by atoms with Gasteiger partial charge < -0.3 is 15.0 Å². The van der Waals surface area contributed by atoms with Crippen molar-refractivity contribution >= 4 is 34.8 Å². The van der Waals surface area contributed by atoms with Crippen molar-refractivity contribution in [3.63, 3.8) is 0 Å². The topological polar surface area (TPSA) is 61.9 Å². The van der Waals surface area contributed by atoms with Gasteiger partial charge in [-0.1, -0.05) is 42.5 Å². The van der Waals surface area contributed by atoms with Crippen molar-refractivity contribution in [1.82, 2.24) is 9.80 Å². The number of methoxy groups -OCH3 is 1. The number of thiocarbonyl (C=S) groups is 1. The summed E-state index contributed by atoms with van der Waals surface area (Å²) in [6.45, 7) is 0.603. The fourth-order valence-electron chi connectivity index (χ4n) is 3.83. The van der Waals surface area contributed by atoms with Crippen LogP contribution < -0.4 is 10.1 Å². The minimum Gasteiger partial charge on any atom is -0.497 e. The fourth-order valence-corrected chi connectivity index (χ4v) is 4.18. The van der Waals surface area contributed by atoms with E-state index >= 15 is 0 Å². The van der Waals surface area contributed by atoms with Crippen LogP contribution in [-0.4, -0.2) is 39.9 Å². The molecule has 1 fully saturated rings. The van der Waals surface area contributed by atoms with Gasteiger partial charge in [0.25, 0.3) is 5.91 Å². The molecule has 3 aromatic carbocycles. The molecule has 1 heterocycles. The molecule has 0 unspecified atom stereocenters. The van der Waals surface area contributed by atoms with Crippen molar-refractivity contribution in [2.24, 2.45) is 0 Å². The lowest BCUT2D eigenvalue weighted by atomic mass is 10.1. The Bertz CT molecular complexity index is 1170. The summed E-state index contributed by atoms with van der Waals surface area (Å²) in [5.74, 6) is -0.209. The van der Waals surface area contributed by atoms with Gasteiger partial charge in [0.15, 0.2) is 5.11 Å². The number of amides is 2. The third-order valence-electron chi connectivity index (χ3n) is 5.61. The molecule has 0 spiro atoms. The molecule has 174 valence electrons. The first-order chi connectivity index (χ1) is 16.4. The maximum atomic E-state index is 13.4. The molecular formula is C26H24FN3O3S. The molecule has 0 aliphatic carbocycles. The summed E-state index contributed by atoms with van der Waals surface area (Å²) in [5.41, 5.74) is 2.33. The lowest BCUT2D eigenvalue weighted by Gasteiger charge is -2.24. The van der Waals surface area contributed by atoms with Crippen molar-refractivity contribution < 1.29 is 18.7 Å². The predicted octanol–water partition coefficient (Wildman–Crippen LogP) is 4.36. The van der Waals surface area contributed by atoms with E-state index in [2.05, 4.69) is 5.32 Å². The first-order valence-electron chi connectivity index (χ1n) is 10.8. The third kappa shape index (κ3) is 5.40. The number of carbonyl (C=O) groups excluding carboxylic acids is 2. The second-order valence-electron chi connectivity index (χ2n) is 7.94. The van der Waals surface area contributed by atoms with Gasteiger partial charge in [0.2, 0.25) is 5.91 Å². The maximum absolute atomic E-state index is 13.4. The fraction of sp³-hybridized carbons (Fsp3) is 0.192. The Kier molecular flexibility index (Phi) is 7.18. The van der Waals surface area contributed by atoms with Crippen molar-refractivity contribution in [3.05, 3.63) is 95.8 Å². The monoisotopic (exact) mass is 477 g/mol. The lowest BCUT2D eigenvalue weighted by Crippen LogP contribution is -2.37. The number of hydrogen-bond acceptors (Lipinski definition) is 4. The highest BCUT2D eigenvalue weighted by Gasteiger charge is 2.43. The van der Waals surface area contributed by atoms with E-state index in [1.807, 2.05) is 30.3 Å². The van der Waals surface area contributed by atoms with Crippen LogP contribution in [0.4, 0.5) is 10.1 Å². The standard InChI is InChI=1S/C26H24FN3O3S/c1-33-22-13-11-21(12-14-22)28-24(31)15-23-25(32)30(17-18-5-3-2-4-6-18)26(34)29(23)16-19-7-9-20(27)10-8-19/h2-14,23H,15-17H2,1H3,(H,28,31)/t23-/m0/s1. The van der Waals surface area contributed by atoms with Gasteiger partial charge in [0, 0.05) is 12.2 Å². The largest absolute Gasteiger partial charge is 0.497 e. The predicted molar refractivity (Wildman–Crippen MR) is 132 cm³/mol. The van der Waals surface area contributed by atoms with Gasteiger partial charge in [0.1, 0.15) is 17.6 Å². The van der Waals surface area contributed by atoms with Crippen molar-refractivity contribution in [3.8, 4) is 5.75 Å². The molecule has 1 saturated heterocycles. The molecule has 0 saturated carbocycles. The van der Waals surface area contributed by atoms with E-state index in [0.29, 0.717) is 23.1 Å². The summed E-state index contributed by atoms with van der Waals surface area (Å²) >= 11 is 5.66. The molecule has 6 nitrogen and oxygen atoms in total. The number of anilines is 1. The molecule has 2 amide bonds. The molecule has 1 aliphatic rings. The average molecular weight is 478 g/mol. The van der Waals surface area contributed by atoms with Gasteiger partial charge >= 0.3 is 0 Å². The molecule has 4 rings (SSSR count). The summed E-state index contributed by atoms with van der Waals surface area (Å²) < 4.78 is 18.5. The van der Waals surface area contributed by atoms with E-state index < -0.39 is 6.04 Å². The van der Waals surface area contributed by atoms with Crippen LogP contribution in [0.3, 0.4) is 0 Å². The van der Waals surface area contributed by atoms with E-state index in [0.717, 1.165) is 11.1 Å². The van der Waals surface area contributed by atoms with Gasteiger partial charge in [-0.3, -0.25) is 14.5 Å². The molecule has 0 radical (unpaired) electrons. The summed E-state index contributed by atoms with van der Waals surface area (Å²) in [5, 5.41) is 3.17. The minimum absolute atomic E-state index is 0.0719. The Labute approximate surface area is 202 Å². The Balaban J connectivity index is 1.53. The number of nitrogens with one attached hydrogen (secondary N) is 1. The van der Waals surface area contributed by atoms with Gasteiger partial charge in [-0.05, 0) is 59.7 Å². The molecule has 3 aromatic rings. The quantitative estimate of drug-likeness (QED) is 0.489. The Morgan fingerprint density at radius 2 is 1.62 bits per heavy atom. The van der Waals surface area contributed by atoms with Crippen molar-refractivity contribution in [2.45, 2.75) is 25.6 Å². The molecular weight excluding hydrogens is 453 g/mol.